The Labute approximate surface area is 221 Å². The average Bonchev–Trinajstić information content (AvgIpc) is 2.88. The Balaban J connectivity index is 1.82. The molecule has 3 aromatic rings. The van der Waals surface area contributed by atoms with Crippen LogP contribution in [0.4, 0.5) is 26.3 Å². The van der Waals surface area contributed by atoms with Gasteiger partial charge in [0.05, 0.1) is 11.1 Å². The van der Waals surface area contributed by atoms with Gasteiger partial charge >= 0.3 is 18.3 Å². The van der Waals surface area contributed by atoms with Crippen molar-refractivity contribution in [2.75, 3.05) is 0 Å². The quantitative estimate of drug-likeness (QED) is 0.191. The second kappa shape index (κ2) is 12.7. The van der Waals surface area contributed by atoms with Crippen LogP contribution in [0.2, 0.25) is 0 Å². The van der Waals surface area contributed by atoms with Crippen LogP contribution in [0.15, 0.2) is 72.3 Å². The number of carbonyl (C=O) groups is 1. The van der Waals surface area contributed by atoms with Gasteiger partial charge in [-0.1, -0.05) is 37.6 Å². The normalized spacial score (nSPS) is 12.3. The van der Waals surface area contributed by atoms with Gasteiger partial charge in [-0.15, -0.1) is 0 Å². The number of aliphatic carboxylic acids is 1. The van der Waals surface area contributed by atoms with Crippen molar-refractivity contribution in [1.82, 2.24) is 0 Å². The SMILES string of the molecule is CCCC/C(=C\c1cc(OCc2ccc(C(F)(F)F)cc2)ccc1OCc1ccc(C(F)(F)F)cc1)C(=O)O. The molecule has 4 nitrogen and oxygen atoms in total. The van der Waals surface area contributed by atoms with E-state index >= 15 is 0 Å². The van der Waals surface area contributed by atoms with Crippen LogP contribution in [-0.2, 0) is 30.4 Å². The van der Waals surface area contributed by atoms with Gasteiger partial charge in [0.25, 0.3) is 0 Å². The second-order valence-corrected chi connectivity index (χ2v) is 8.74. The molecule has 0 radical (unpaired) electrons. The van der Waals surface area contributed by atoms with Gasteiger partial charge in [-0.2, -0.15) is 26.3 Å². The van der Waals surface area contributed by atoms with E-state index in [1.54, 1.807) is 12.1 Å². The smallest absolute Gasteiger partial charge is 0.416 e. The van der Waals surface area contributed by atoms with Gasteiger partial charge in [0.2, 0.25) is 0 Å². The van der Waals surface area contributed by atoms with Crippen LogP contribution < -0.4 is 9.47 Å². The molecule has 1 N–H and O–H groups in total. The first-order valence-electron chi connectivity index (χ1n) is 12.0. The monoisotopic (exact) mass is 552 g/mol. The van der Waals surface area contributed by atoms with Gasteiger partial charge in [0, 0.05) is 11.1 Å². The van der Waals surface area contributed by atoms with Crippen molar-refractivity contribution in [1.29, 1.82) is 0 Å². The summed E-state index contributed by atoms with van der Waals surface area (Å²) < 4.78 is 88.4. The first-order chi connectivity index (χ1) is 18.4. The number of hydrogen-bond acceptors (Lipinski definition) is 3. The van der Waals surface area contributed by atoms with Crippen molar-refractivity contribution < 1.29 is 45.7 Å². The lowest BCUT2D eigenvalue weighted by atomic mass is 10.0. The van der Waals surface area contributed by atoms with Crippen LogP contribution in [0.1, 0.15) is 54.0 Å². The van der Waals surface area contributed by atoms with Crippen molar-refractivity contribution in [2.24, 2.45) is 0 Å². The lowest BCUT2D eigenvalue weighted by molar-refractivity contribution is -0.138. The molecule has 10 heteroatoms. The number of rotatable bonds is 11. The van der Waals surface area contributed by atoms with Gasteiger partial charge in [-0.05, 0) is 72.5 Å². The summed E-state index contributed by atoms with van der Waals surface area (Å²) in [7, 11) is 0. The van der Waals surface area contributed by atoms with Crippen molar-refractivity contribution >= 4 is 12.0 Å². The minimum absolute atomic E-state index is 0.0331. The molecular formula is C29H26F6O4. The van der Waals surface area contributed by atoms with Gasteiger partial charge in [-0.3, -0.25) is 0 Å². The molecule has 0 heterocycles. The molecule has 0 bridgehead atoms. The third-order valence-corrected chi connectivity index (χ3v) is 5.75. The molecule has 0 saturated carbocycles. The Hall–Kier alpha value is -3.95. The maximum absolute atomic E-state index is 12.8. The Morgan fingerprint density at radius 1 is 0.795 bits per heavy atom. The molecular weight excluding hydrogens is 526 g/mol. The molecule has 3 rings (SSSR count). The summed E-state index contributed by atoms with van der Waals surface area (Å²) in [6.07, 6.45) is -5.73. The molecule has 0 aliphatic heterocycles. The molecule has 0 aromatic heterocycles. The summed E-state index contributed by atoms with van der Waals surface area (Å²) in [5.74, 6) is -0.497. The number of alkyl halides is 6. The predicted octanol–water partition coefficient (Wildman–Crippen LogP) is 8.54. The number of carboxylic acids is 1. The summed E-state index contributed by atoms with van der Waals surface area (Å²) in [5.41, 5.74) is -0.0775. The topological polar surface area (TPSA) is 55.8 Å². The zero-order valence-electron chi connectivity index (χ0n) is 20.9. The van der Waals surface area contributed by atoms with Crippen LogP contribution >= 0.6 is 0 Å². The minimum atomic E-state index is -4.46. The average molecular weight is 553 g/mol. The molecule has 0 fully saturated rings. The molecule has 0 spiro atoms. The van der Waals surface area contributed by atoms with E-state index in [0.29, 0.717) is 35.3 Å². The lowest BCUT2D eigenvalue weighted by Crippen LogP contribution is -2.05. The van der Waals surface area contributed by atoms with Crippen LogP contribution in [-0.4, -0.2) is 11.1 Å². The first-order valence-corrected chi connectivity index (χ1v) is 12.0. The number of benzene rings is 3. The molecule has 39 heavy (non-hydrogen) atoms. The third kappa shape index (κ3) is 8.80. The van der Waals surface area contributed by atoms with Gasteiger partial charge in [0.1, 0.15) is 24.7 Å². The van der Waals surface area contributed by atoms with Crippen LogP contribution in [0, 0.1) is 0 Å². The van der Waals surface area contributed by atoms with Crippen molar-refractivity contribution in [3.63, 3.8) is 0 Å². The maximum atomic E-state index is 12.8. The maximum Gasteiger partial charge on any atom is 0.416 e. The van der Waals surface area contributed by atoms with Crippen molar-refractivity contribution in [3.8, 4) is 11.5 Å². The molecule has 0 aliphatic carbocycles. The van der Waals surface area contributed by atoms with E-state index in [4.69, 9.17) is 9.47 Å². The fourth-order valence-electron chi connectivity index (χ4n) is 3.56. The second-order valence-electron chi connectivity index (χ2n) is 8.74. The summed E-state index contributed by atoms with van der Waals surface area (Å²) in [6, 6.07) is 13.6. The van der Waals surface area contributed by atoms with Crippen molar-refractivity contribution in [3.05, 3.63) is 100 Å². The van der Waals surface area contributed by atoms with Gasteiger partial charge < -0.3 is 14.6 Å². The highest BCUT2D eigenvalue weighted by atomic mass is 19.4. The van der Waals surface area contributed by atoms with Crippen LogP contribution in [0.3, 0.4) is 0 Å². The molecule has 208 valence electrons. The van der Waals surface area contributed by atoms with Crippen LogP contribution in [0.5, 0.6) is 11.5 Å². The third-order valence-electron chi connectivity index (χ3n) is 5.75. The highest BCUT2D eigenvalue weighted by Gasteiger charge is 2.30. The summed E-state index contributed by atoms with van der Waals surface area (Å²) in [6.45, 7) is 1.82. The minimum Gasteiger partial charge on any atom is -0.489 e. The molecule has 0 atom stereocenters. The van der Waals surface area contributed by atoms with E-state index in [9.17, 15) is 36.2 Å². The Morgan fingerprint density at radius 3 is 1.77 bits per heavy atom. The molecule has 0 aliphatic rings. The number of hydrogen-bond donors (Lipinski definition) is 1. The fraction of sp³-hybridized carbons (Fsp3) is 0.276. The Morgan fingerprint density at radius 2 is 1.31 bits per heavy atom. The summed E-state index contributed by atoms with van der Waals surface area (Å²) in [5, 5.41) is 9.64. The summed E-state index contributed by atoms with van der Waals surface area (Å²) in [4.78, 5) is 11.8. The van der Waals surface area contributed by atoms with E-state index in [2.05, 4.69) is 0 Å². The van der Waals surface area contributed by atoms with E-state index in [1.807, 2.05) is 6.92 Å². The zero-order valence-corrected chi connectivity index (χ0v) is 20.9. The molecule has 0 amide bonds. The number of ether oxygens (including phenoxy) is 2. The van der Waals surface area contributed by atoms with E-state index in [0.717, 1.165) is 30.7 Å². The Kier molecular flexibility index (Phi) is 9.66. The van der Waals surface area contributed by atoms with E-state index in [1.165, 1.54) is 36.4 Å². The number of carboxylic acid groups (broad SMARTS) is 1. The Bertz CT molecular complexity index is 1280. The zero-order chi connectivity index (χ0) is 28.6. The fourth-order valence-corrected chi connectivity index (χ4v) is 3.56. The standard InChI is InChI=1S/C29H26F6O4/c1-2-3-4-21(27(36)37)15-22-16-25(38-17-19-5-9-23(10-6-19)28(30,31)32)13-14-26(22)39-18-20-7-11-24(12-8-20)29(33,34)35/h5-16H,2-4,17-18H2,1H3,(H,36,37)/b21-15+. The van der Waals surface area contributed by atoms with E-state index in [-0.39, 0.29) is 24.5 Å². The van der Waals surface area contributed by atoms with Gasteiger partial charge in [0.15, 0.2) is 0 Å². The summed E-state index contributed by atoms with van der Waals surface area (Å²) >= 11 is 0. The number of unbranched alkanes of at least 4 members (excludes halogenated alkanes) is 1. The van der Waals surface area contributed by atoms with Crippen molar-refractivity contribution in [2.45, 2.75) is 51.8 Å². The van der Waals surface area contributed by atoms with E-state index < -0.39 is 29.4 Å². The highest BCUT2D eigenvalue weighted by Crippen LogP contribution is 2.32. The lowest BCUT2D eigenvalue weighted by Gasteiger charge is -2.14. The number of halogens is 6. The molecule has 0 unspecified atom stereocenters. The first kappa shape index (κ1) is 29.6. The predicted molar refractivity (Wildman–Crippen MR) is 133 cm³/mol. The van der Waals surface area contributed by atoms with Crippen LogP contribution in [0.25, 0.3) is 6.08 Å². The largest absolute Gasteiger partial charge is 0.489 e. The van der Waals surface area contributed by atoms with Gasteiger partial charge in [-0.25, -0.2) is 4.79 Å². The molecule has 0 saturated heterocycles. The molecule has 3 aromatic carbocycles. The highest BCUT2D eigenvalue weighted by molar-refractivity contribution is 5.92.